The van der Waals surface area contributed by atoms with Crippen LogP contribution in [0, 0.1) is 4.77 Å². The lowest BCUT2D eigenvalue weighted by Gasteiger charge is -2.15. The van der Waals surface area contributed by atoms with Crippen LogP contribution >= 0.6 is 23.6 Å². The van der Waals surface area contributed by atoms with Gasteiger partial charge in [0.05, 0.1) is 22.7 Å². The van der Waals surface area contributed by atoms with Crippen LogP contribution in [0.1, 0.15) is 5.56 Å². The summed E-state index contributed by atoms with van der Waals surface area (Å²) in [5, 5.41) is 11.1. The lowest BCUT2D eigenvalue weighted by atomic mass is 10.1. The van der Waals surface area contributed by atoms with Gasteiger partial charge in [-0.05, 0) is 41.9 Å². The smallest absolute Gasteiger partial charge is 0.416 e. The summed E-state index contributed by atoms with van der Waals surface area (Å²) in [7, 11) is 1.47. The number of hydrogen-bond donors (Lipinski definition) is 2. The topological polar surface area (TPSA) is 81.2 Å². The molecule has 3 aromatic rings. The minimum absolute atomic E-state index is 0.0985. The fourth-order valence-corrected chi connectivity index (χ4v) is 3.48. The van der Waals surface area contributed by atoms with E-state index >= 15 is 0 Å². The number of alkyl halides is 3. The lowest BCUT2D eigenvalue weighted by Crippen LogP contribution is -2.20. The molecule has 160 valence electrons. The van der Waals surface area contributed by atoms with Gasteiger partial charge in [0.25, 0.3) is 0 Å². The Morgan fingerprint density at radius 3 is 2.80 bits per heavy atom. The summed E-state index contributed by atoms with van der Waals surface area (Å²) in [5.41, 5.74) is -1.00. The van der Waals surface area contributed by atoms with Crippen LogP contribution in [0.5, 0.6) is 5.75 Å². The van der Waals surface area contributed by atoms with E-state index in [0.29, 0.717) is 5.82 Å². The molecule has 0 saturated heterocycles. The normalized spacial score (nSPS) is 11.5. The van der Waals surface area contributed by atoms with Crippen molar-refractivity contribution in [3.8, 4) is 16.5 Å². The molecule has 7 nitrogen and oxygen atoms in total. The zero-order chi connectivity index (χ0) is 21.7. The molecule has 0 aliphatic carbocycles. The first-order valence-electron chi connectivity index (χ1n) is 8.61. The molecule has 30 heavy (non-hydrogen) atoms. The molecule has 0 unspecified atom stereocenters. The highest BCUT2D eigenvalue weighted by molar-refractivity contribution is 7.71. The van der Waals surface area contributed by atoms with Gasteiger partial charge >= 0.3 is 6.18 Å². The highest BCUT2D eigenvalue weighted by atomic mass is 32.1. The van der Waals surface area contributed by atoms with E-state index in [9.17, 15) is 18.0 Å². The molecule has 0 spiro atoms. The van der Waals surface area contributed by atoms with Crippen LogP contribution in [-0.4, -0.2) is 41.0 Å². The van der Waals surface area contributed by atoms with E-state index in [4.69, 9.17) is 21.7 Å². The maximum Gasteiger partial charge on any atom is 0.416 e. The average molecular weight is 458 g/mol. The van der Waals surface area contributed by atoms with Gasteiger partial charge in [-0.3, -0.25) is 14.5 Å². The Balaban J connectivity index is 1.83. The first kappa shape index (κ1) is 22.0. The second-order valence-electron chi connectivity index (χ2n) is 6.01. The van der Waals surface area contributed by atoms with Gasteiger partial charge in [-0.15, -0.1) is 11.3 Å². The molecule has 0 aliphatic rings. The molecule has 2 N–H and O–H groups in total. The molecule has 0 bridgehead atoms. The van der Waals surface area contributed by atoms with E-state index in [0.717, 1.165) is 23.1 Å². The summed E-state index contributed by atoms with van der Waals surface area (Å²) < 4.78 is 51.3. The molecule has 2 heterocycles. The third-order valence-electron chi connectivity index (χ3n) is 3.93. The van der Waals surface area contributed by atoms with Gasteiger partial charge in [-0.25, -0.2) is 0 Å². The summed E-state index contributed by atoms with van der Waals surface area (Å²) in [4.78, 5) is 13.4. The number of carbonyl (C=O) groups is 1. The molecule has 12 heteroatoms. The molecule has 1 amide bonds. The molecule has 1 aromatic carbocycles. The molecule has 0 aliphatic heterocycles. The second-order valence-corrected chi connectivity index (χ2v) is 7.35. The standard InChI is InChI=1S/C18H17F3N4O3S2/c1-27-6-7-28-13-5-4-11(18(19,20)21)9-12(13)22-15(26)10-25-16(23-24-17(25)29)14-3-2-8-30-14/h2-5,8-9H,6-7,10H2,1H3,(H,22,26)(H,24,29). The van der Waals surface area contributed by atoms with Crippen LogP contribution in [-0.2, 0) is 22.3 Å². The maximum atomic E-state index is 13.1. The van der Waals surface area contributed by atoms with Crippen LogP contribution in [0.4, 0.5) is 18.9 Å². The monoisotopic (exact) mass is 458 g/mol. The van der Waals surface area contributed by atoms with Crippen LogP contribution in [0.2, 0.25) is 0 Å². The van der Waals surface area contributed by atoms with Crippen molar-refractivity contribution in [2.75, 3.05) is 25.6 Å². The Bertz CT molecular complexity index is 1060. The van der Waals surface area contributed by atoms with Gasteiger partial charge in [-0.1, -0.05) is 6.07 Å². The molecule has 3 rings (SSSR count). The highest BCUT2D eigenvalue weighted by Crippen LogP contribution is 2.35. The van der Waals surface area contributed by atoms with Crippen molar-refractivity contribution in [1.29, 1.82) is 0 Å². The first-order chi connectivity index (χ1) is 14.3. The number of rotatable bonds is 8. The van der Waals surface area contributed by atoms with E-state index < -0.39 is 17.6 Å². The molecule has 0 radical (unpaired) electrons. The summed E-state index contributed by atoms with van der Waals surface area (Å²) in [5.74, 6) is -0.0188. The molecular formula is C18H17F3N4O3S2. The maximum absolute atomic E-state index is 13.1. The number of aromatic nitrogens is 3. The van der Waals surface area contributed by atoms with Crippen molar-refractivity contribution in [1.82, 2.24) is 14.8 Å². The van der Waals surface area contributed by atoms with E-state index in [2.05, 4.69) is 15.5 Å². The van der Waals surface area contributed by atoms with Crippen molar-refractivity contribution in [2.24, 2.45) is 0 Å². The number of amides is 1. The third kappa shape index (κ3) is 5.26. The second kappa shape index (κ2) is 9.41. The van der Waals surface area contributed by atoms with Gasteiger partial charge in [0, 0.05) is 7.11 Å². The van der Waals surface area contributed by atoms with Crippen molar-refractivity contribution in [2.45, 2.75) is 12.7 Å². The van der Waals surface area contributed by atoms with E-state index in [1.165, 1.54) is 23.0 Å². The fourth-order valence-electron chi connectivity index (χ4n) is 2.56. The van der Waals surface area contributed by atoms with Crippen molar-refractivity contribution >= 4 is 35.1 Å². The van der Waals surface area contributed by atoms with Crippen molar-refractivity contribution in [3.05, 3.63) is 46.0 Å². The molecule has 0 saturated carbocycles. The summed E-state index contributed by atoms with van der Waals surface area (Å²) in [6.07, 6.45) is -4.57. The number of ether oxygens (including phenoxy) is 2. The first-order valence-corrected chi connectivity index (χ1v) is 9.90. The minimum Gasteiger partial charge on any atom is -0.489 e. The fraction of sp³-hybridized carbons (Fsp3) is 0.278. The van der Waals surface area contributed by atoms with Crippen LogP contribution < -0.4 is 10.1 Å². The number of methoxy groups -OCH3 is 1. The Hall–Kier alpha value is -2.70. The summed E-state index contributed by atoms with van der Waals surface area (Å²) in [6, 6.07) is 6.52. The van der Waals surface area contributed by atoms with E-state index in [1.807, 2.05) is 17.5 Å². The Morgan fingerprint density at radius 1 is 1.33 bits per heavy atom. The number of halogens is 3. The number of H-pyrrole nitrogens is 1. The SMILES string of the molecule is COCCOc1ccc(C(F)(F)F)cc1NC(=O)Cn1c(-c2cccs2)n[nH]c1=S. The Morgan fingerprint density at radius 2 is 2.13 bits per heavy atom. The zero-order valence-corrected chi connectivity index (χ0v) is 17.3. The highest BCUT2D eigenvalue weighted by Gasteiger charge is 2.31. The predicted octanol–water partition coefficient (Wildman–Crippen LogP) is 4.35. The van der Waals surface area contributed by atoms with Crippen molar-refractivity contribution in [3.63, 3.8) is 0 Å². The number of thiophene rings is 1. The molecular weight excluding hydrogens is 441 g/mol. The number of benzene rings is 1. The number of anilines is 1. The average Bonchev–Trinajstić information content (AvgIpc) is 3.33. The Kier molecular flexibility index (Phi) is 6.90. The van der Waals surface area contributed by atoms with E-state index in [1.54, 1.807) is 0 Å². The minimum atomic E-state index is -4.57. The van der Waals surface area contributed by atoms with Crippen LogP contribution in [0.3, 0.4) is 0 Å². The Labute approximate surface area is 178 Å². The van der Waals surface area contributed by atoms with E-state index in [-0.39, 0.29) is 36.0 Å². The predicted molar refractivity (Wildman–Crippen MR) is 108 cm³/mol. The molecule has 0 fully saturated rings. The number of nitrogens with one attached hydrogen (secondary N) is 2. The van der Waals surface area contributed by atoms with Crippen LogP contribution in [0.25, 0.3) is 10.7 Å². The number of carbonyl (C=O) groups excluding carboxylic acids is 1. The van der Waals surface area contributed by atoms with Gasteiger partial charge in [0.2, 0.25) is 5.91 Å². The molecule has 0 atom stereocenters. The largest absolute Gasteiger partial charge is 0.489 e. The number of hydrogen-bond acceptors (Lipinski definition) is 6. The summed E-state index contributed by atoms with van der Waals surface area (Å²) >= 11 is 6.59. The van der Waals surface area contributed by atoms with Crippen LogP contribution in [0.15, 0.2) is 35.7 Å². The van der Waals surface area contributed by atoms with Gasteiger partial charge < -0.3 is 14.8 Å². The van der Waals surface area contributed by atoms with Gasteiger partial charge in [0.1, 0.15) is 18.9 Å². The summed E-state index contributed by atoms with van der Waals surface area (Å²) in [6.45, 7) is 0.110. The molecule has 2 aromatic heterocycles. The zero-order valence-electron chi connectivity index (χ0n) is 15.7. The quantitative estimate of drug-likeness (QED) is 0.388. The van der Waals surface area contributed by atoms with Gasteiger partial charge in [-0.2, -0.15) is 18.3 Å². The lowest BCUT2D eigenvalue weighted by molar-refractivity contribution is -0.137. The van der Waals surface area contributed by atoms with Crippen molar-refractivity contribution < 1.29 is 27.4 Å². The number of nitrogens with zero attached hydrogens (tertiary/aromatic N) is 2. The third-order valence-corrected chi connectivity index (χ3v) is 5.11. The van der Waals surface area contributed by atoms with Gasteiger partial charge in [0.15, 0.2) is 10.6 Å². The number of aromatic amines is 1.